The van der Waals surface area contributed by atoms with Gasteiger partial charge in [-0.05, 0) is 44.2 Å². The number of fused-ring (bicyclic) bond motifs is 8. The summed E-state index contributed by atoms with van der Waals surface area (Å²) in [5.74, 6) is 0.261. The maximum Gasteiger partial charge on any atom is 0.275 e. The Labute approximate surface area is 201 Å². The first-order chi connectivity index (χ1) is 17.1. The summed E-state index contributed by atoms with van der Waals surface area (Å²) in [6.07, 6.45) is 12.4. The molecule has 6 bridgehead atoms. The molecule has 0 radical (unpaired) electrons. The maximum atomic E-state index is 13.1. The zero-order valence-electron chi connectivity index (χ0n) is 19.7. The minimum atomic E-state index is -0.483. The summed E-state index contributed by atoms with van der Waals surface area (Å²) in [4.78, 5) is 39.3. The molecule has 0 atom stereocenters. The van der Waals surface area contributed by atoms with E-state index in [1.165, 1.54) is 6.33 Å². The normalized spacial score (nSPS) is 18.3. The number of nitrogens with zero attached hydrogens (tertiary/aromatic N) is 6. The van der Waals surface area contributed by atoms with Crippen LogP contribution in [-0.2, 0) is 12.1 Å². The second-order valence-corrected chi connectivity index (χ2v) is 9.56. The Hall–Kier alpha value is -3.82. The van der Waals surface area contributed by atoms with Crippen LogP contribution in [0.4, 0.5) is 0 Å². The van der Waals surface area contributed by atoms with Gasteiger partial charge in [0.2, 0.25) is 5.43 Å². The molecular weight excluding hydrogens is 446 g/mol. The van der Waals surface area contributed by atoms with Crippen molar-refractivity contribution in [2.24, 2.45) is 0 Å². The minimum absolute atomic E-state index is 0.138. The third-order valence-corrected chi connectivity index (χ3v) is 7.27. The summed E-state index contributed by atoms with van der Waals surface area (Å²) in [7, 11) is 0. The maximum absolute atomic E-state index is 13.1. The van der Waals surface area contributed by atoms with E-state index in [1.807, 2.05) is 0 Å². The van der Waals surface area contributed by atoms with Crippen molar-refractivity contribution in [3.8, 4) is 5.75 Å². The molecule has 10 heteroatoms. The fraction of sp³-hybridized carbons (Fsp3) is 0.440. The van der Waals surface area contributed by atoms with Crippen molar-refractivity contribution >= 4 is 28.0 Å². The first-order valence-corrected chi connectivity index (χ1v) is 12.2. The molecule has 3 aliphatic rings. The topological polar surface area (TPSA) is 117 Å². The van der Waals surface area contributed by atoms with Crippen LogP contribution in [0, 0.1) is 6.92 Å². The second kappa shape index (κ2) is 8.44. The standard InChI is InChI=1S/C25H27N7O3/c1-16-13-31-23-18(16)10-17(11-28-23)35-9-5-4-8-27-24(34)21-22(33)20-19(12-26-15-29-20)32(30-21)14-25(31)6-2-3-7-25/h10-13,15H,2-9,14H2,1H3,(H,27,34). The second-order valence-electron chi connectivity index (χ2n) is 9.56. The molecule has 1 amide bonds. The molecule has 10 nitrogen and oxygen atoms in total. The molecule has 2 aliphatic heterocycles. The Balaban J connectivity index is 1.58. The monoisotopic (exact) mass is 473 g/mol. The molecule has 6 heterocycles. The van der Waals surface area contributed by atoms with Crippen molar-refractivity contribution in [3.63, 3.8) is 0 Å². The highest BCUT2D eigenvalue weighted by atomic mass is 16.5. The summed E-state index contributed by atoms with van der Waals surface area (Å²) >= 11 is 0. The van der Waals surface area contributed by atoms with Gasteiger partial charge in [-0.2, -0.15) is 5.10 Å². The van der Waals surface area contributed by atoms with E-state index in [0.717, 1.165) is 54.5 Å². The third kappa shape index (κ3) is 3.64. The largest absolute Gasteiger partial charge is 0.492 e. The molecule has 7 rings (SSSR count). The van der Waals surface area contributed by atoms with E-state index >= 15 is 0 Å². The number of rotatable bonds is 0. The zero-order valence-corrected chi connectivity index (χ0v) is 19.7. The molecule has 180 valence electrons. The van der Waals surface area contributed by atoms with Crippen LogP contribution in [0.1, 0.15) is 54.6 Å². The predicted molar refractivity (Wildman–Crippen MR) is 130 cm³/mol. The summed E-state index contributed by atoms with van der Waals surface area (Å²) in [6.45, 7) is 3.51. The van der Waals surface area contributed by atoms with Crippen molar-refractivity contribution < 1.29 is 9.53 Å². The summed E-state index contributed by atoms with van der Waals surface area (Å²) in [6, 6.07) is 2.07. The fourth-order valence-corrected chi connectivity index (χ4v) is 5.46. The van der Waals surface area contributed by atoms with Crippen molar-refractivity contribution in [3.05, 3.63) is 52.5 Å². The number of carbonyl (C=O) groups excluding carboxylic acids is 1. The van der Waals surface area contributed by atoms with Crippen molar-refractivity contribution in [2.45, 2.75) is 57.5 Å². The lowest BCUT2D eigenvalue weighted by molar-refractivity contribution is 0.0943. The molecule has 1 aliphatic carbocycles. The van der Waals surface area contributed by atoms with Gasteiger partial charge in [0.15, 0.2) is 5.69 Å². The predicted octanol–water partition coefficient (Wildman–Crippen LogP) is 2.72. The smallest absolute Gasteiger partial charge is 0.275 e. The third-order valence-electron chi connectivity index (χ3n) is 7.27. The Morgan fingerprint density at radius 2 is 1.94 bits per heavy atom. The van der Waals surface area contributed by atoms with Gasteiger partial charge < -0.3 is 14.6 Å². The van der Waals surface area contributed by atoms with Gasteiger partial charge in [-0.25, -0.2) is 15.0 Å². The van der Waals surface area contributed by atoms with Gasteiger partial charge in [0.1, 0.15) is 28.8 Å². The molecular formula is C25H27N7O3. The van der Waals surface area contributed by atoms with Gasteiger partial charge in [0, 0.05) is 18.1 Å². The Kier molecular flexibility index (Phi) is 5.23. The van der Waals surface area contributed by atoms with Crippen LogP contribution in [0.2, 0.25) is 0 Å². The molecule has 1 spiro atoms. The Bertz CT molecular complexity index is 1500. The zero-order chi connectivity index (χ0) is 24.0. The number of ether oxygens (including phenoxy) is 1. The Morgan fingerprint density at radius 1 is 1.09 bits per heavy atom. The van der Waals surface area contributed by atoms with Gasteiger partial charge in [-0.1, -0.05) is 12.8 Å². The number of nitrogens with one attached hydrogen (secondary N) is 1. The molecule has 0 unspecified atom stereocenters. The number of pyridine rings is 1. The molecule has 1 fully saturated rings. The van der Waals surface area contributed by atoms with Crippen molar-refractivity contribution in [1.29, 1.82) is 0 Å². The summed E-state index contributed by atoms with van der Waals surface area (Å²) in [5.41, 5.74) is 1.84. The number of hydrogen-bond donors (Lipinski definition) is 1. The number of aromatic nitrogens is 6. The van der Waals surface area contributed by atoms with Gasteiger partial charge >= 0.3 is 0 Å². The van der Waals surface area contributed by atoms with E-state index in [-0.39, 0.29) is 16.7 Å². The lowest BCUT2D eigenvalue weighted by Crippen LogP contribution is -2.38. The van der Waals surface area contributed by atoms with Crippen LogP contribution in [0.25, 0.3) is 22.1 Å². The highest BCUT2D eigenvalue weighted by Crippen LogP contribution is 2.41. The van der Waals surface area contributed by atoms with Crippen LogP contribution < -0.4 is 15.5 Å². The van der Waals surface area contributed by atoms with E-state index in [4.69, 9.17) is 9.72 Å². The van der Waals surface area contributed by atoms with E-state index < -0.39 is 11.3 Å². The lowest BCUT2D eigenvalue weighted by atomic mass is 9.97. The molecule has 0 aromatic carbocycles. The molecule has 4 aromatic rings. The average Bonchev–Trinajstić information content (AvgIpc) is 3.48. The minimum Gasteiger partial charge on any atom is -0.492 e. The Morgan fingerprint density at radius 3 is 2.80 bits per heavy atom. The quantitative estimate of drug-likeness (QED) is 0.417. The van der Waals surface area contributed by atoms with Gasteiger partial charge in [-0.15, -0.1) is 0 Å². The van der Waals surface area contributed by atoms with Crippen LogP contribution in [0.3, 0.4) is 0 Å². The van der Waals surface area contributed by atoms with Gasteiger partial charge in [-0.3, -0.25) is 14.3 Å². The van der Waals surface area contributed by atoms with E-state index in [1.54, 1.807) is 17.1 Å². The highest BCUT2D eigenvalue weighted by Gasteiger charge is 2.38. The highest BCUT2D eigenvalue weighted by molar-refractivity contribution is 5.94. The number of hydrogen-bond acceptors (Lipinski definition) is 7. The molecule has 1 saturated carbocycles. The van der Waals surface area contributed by atoms with Crippen LogP contribution in [-0.4, -0.2) is 48.4 Å². The first-order valence-electron chi connectivity index (χ1n) is 12.2. The van der Waals surface area contributed by atoms with Gasteiger partial charge in [0.05, 0.1) is 31.1 Å². The lowest BCUT2D eigenvalue weighted by Gasteiger charge is -2.32. The summed E-state index contributed by atoms with van der Waals surface area (Å²) < 4.78 is 9.95. The number of carbonyl (C=O) groups is 1. The van der Waals surface area contributed by atoms with Crippen molar-refractivity contribution in [2.75, 3.05) is 13.2 Å². The van der Waals surface area contributed by atoms with Gasteiger partial charge in [0.25, 0.3) is 5.91 Å². The molecule has 0 saturated heterocycles. The fourth-order valence-electron chi connectivity index (χ4n) is 5.46. The SMILES string of the molecule is Cc1cn2c3ncc(cc13)OCCCCNC(=O)c1nn(c3cncnc3c1=O)CC21CCCC1. The number of aryl methyl sites for hydroxylation is 1. The average molecular weight is 474 g/mol. The summed E-state index contributed by atoms with van der Waals surface area (Å²) in [5, 5.41) is 8.49. The van der Waals surface area contributed by atoms with E-state index in [9.17, 15) is 9.59 Å². The van der Waals surface area contributed by atoms with Crippen LogP contribution in [0.15, 0.2) is 35.8 Å². The van der Waals surface area contributed by atoms with Crippen molar-refractivity contribution in [1.82, 2.24) is 34.6 Å². The van der Waals surface area contributed by atoms with Crippen LogP contribution in [0.5, 0.6) is 5.75 Å². The van der Waals surface area contributed by atoms with E-state index in [2.05, 4.69) is 44.1 Å². The molecule has 4 aromatic heterocycles. The first kappa shape index (κ1) is 21.7. The number of amides is 1. The van der Waals surface area contributed by atoms with Crippen LogP contribution >= 0.6 is 0 Å². The van der Waals surface area contributed by atoms with E-state index in [0.29, 0.717) is 31.6 Å². The molecule has 35 heavy (non-hydrogen) atoms. The molecule has 1 N–H and O–H groups in total.